The van der Waals surface area contributed by atoms with Gasteiger partial charge in [-0.2, -0.15) is 0 Å². The number of anilines is 2. The van der Waals surface area contributed by atoms with Crippen molar-refractivity contribution in [2.24, 2.45) is 0 Å². The first-order valence-electron chi connectivity index (χ1n) is 12.4. The molecule has 0 aliphatic carbocycles. The zero-order valence-electron chi connectivity index (χ0n) is 21.7. The van der Waals surface area contributed by atoms with Gasteiger partial charge in [0.25, 0.3) is 11.8 Å². The van der Waals surface area contributed by atoms with E-state index in [-0.39, 0.29) is 16.9 Å². The van der Waals surface area contributed by atoms with Crippen LogP contribution in [0.4, 0.5) is 11.4 Å². The molecule has 4 rings (SSSR count). The molecule has 208 valence electrons. The lowest BCUT2D eigenvalue weighted by molar-refractivity contribution is -0.115. The summed E-state index contributed by atoms with van der Waals surface area (Å²) in [7, 11) is 0. The summed E-state index contributed by atoms with van der Waals surface area (Å²) in [5.74, 6) is -1.15. The van der Waals surface area contributed by atoms with Gasteiger partial charge in [0.1, 0.15) is 5.70 Å². The van der Waals surface area contributed by atoms with E-state index in [1.807, 2.05) is 31.2 Å². The lowest BCUT2D eigenvalue weighted by Crippen LogP contribution is -2.30. The summed E-state index contributed by atoms with van der Waals surface area (Å²) < 4.78 is 0.930. The fourth-order valence-corrected chi connectivity index (χ4v) is 5.22. The van der Waals surface area contributed by atoms with E-state index in [2.05, 4.69) is 31.9 Å². The predicted octanol–water partition coefficient (Wildman–Crippen LogP) is 8.28. The van der Waals surface area contributed by atoms with Crippen LogP contribution in [0.3, 0.4) is 0 Å². The van der Waals surface area contributed by atoms with Crippen LogP contribution in [-0.2, 0) is 9.59 Å². The molecule has 0 aromatic heterocycles. The van der Waals surface area contributed by atoms with Gasteiger partial charge in [-0.1, -0.05) is 63.4 Å². The Kier molecular flexibility index (Phi) is 10.7. The van der Waals surface area contributed by atoms with E-state index in [0.29, 0.717) is 32.5 Å². The molecule has 3 amide bonds. The molecule has 4 aromatic carbocycles. The predicted molar refractivity (Wildman–Crippen MR) is 172 cm³/mol. The maximum absolute atomic E-state index is 13.3. The average Bonchev–Trinajstić information content (AvgIpc) is 2.97. The van der Waals surface area contributed by atoms with Crippen LogP contribution in [0, 0.1) is 0 Å². The molecule has 0 radical (unpaired) electrons. The molecule has 1 unspecified atom stereocenters. The Labute approximate surface area is 260 Å². The quantitative estimate of drug-likeness (QED) is 0.124. The number of hydrogen-bond donors (Lipinski definition) is 3. The molecule has 0 saturated carbocycles. The molecule has 4 aromatic rings. The van der Waals surface area contributed by atoms with Gasteiger partial charge in [-0.05, 0) is 85.8 Å². The van der Waals surface area contributed by atoms with E-state index in [4.69, 9.17) is 23.2 Å². The topological polar surface area (TPSA) is 87.3 Å². The van der Waals surface area contributed by atoms with Crippen LogP contribution in [-0.4, -0.2) is 23.0 Å². The van der Waals surface area contributed by atoms with Crippen molar-refractivity contribution < 1.29 is 14.4 Å². The first-order valence-corrected chi connectivity index (χ1v) is 14.8. The second-order valence-corrected chi connectivity index (χ2v) is 11.9. The second kappa shape index (κ2) is 14.4. The molecular weight excluding hydrogens is 645 g/mol. The molecule has 0 heterocycles. The highest BCUT2D eigenvalue weighted by atomic mass is 79.9. The molecule has 0 fully saturated rings. The van der Waals surface area contributed by atoms with Gasteiger partial charge in [0, 0.05) is 41.9 Å². The number of hydrogen-bond acceptors (Lipinski definition) is 4. The fourth-order valence-electron chi connectivity index (χ4n) is 3.59. The molecule has 0 bridgehead atoms. The zero-order chi connectivity index (χ0) is 29.4. The van der Waals surface area contributed by atoms with Crippen LogP contribution in [0.25, 0.3) is 6.08 Å². The average molecular weight is 669 g/mol. The zero-order valence-corrected chi connectivity index (χ0v) is 25.6. The van der Waals surface area contributed by atoms with Crippen molar-refractivity contribution in [2.45, 2.75) is 17.1 Å². The Morgan fingerprint density at radius 1 is 0.780 bits per heavy atom. The molecule has 6 nitrogen and oxygen atoms in total. The minimum absolute atomic E-state index is 0.0365. The minimum Gasteiger partial charge on any atom is -0.325 e. The van der Waals surface area contributed by atoms with Crippen molar-refractivity contribution in [3.63, 3.8) is 0 Å². The van der Waals surface area contributed by atoms with Crippen LogP contribution in [0.2, 0.25) is 10.0 Å². The van der Waals surface area contributed by atoms with Crippen LogP contribution in [0.1, 0.15) is 22.8 Å². The Balaban J connectivity index is 1.46. The molecule has 0 spiro atoms. The van der Waals surface area contributed by atoms with Crippen molar-refractivity contribution in [3.05, 3.63) is 128 Å². The van der Waals surface area contributed by atoms with E-state index in [1.54, 1.807) is 72.8 Å². The van der Waals surface area contributed by atoms with E-state index in [1.165, 1.54) is 17.8 Å². The first-order chi connectivity index (χ1) is 19.7. The molecule has 3 N–H and O–H groups in total. The number of benzene rings is 4. The number of carbonyl (C=O) groups excluding carboxylic acids is 3. The third kappa shape index (κ3) is 8.71. The van der Waals surface area contributed by atoms with E-state index >= 15 is 0 Å². The number of halogens is 3. The fraction of sp³-hybridized carbons (Fsp3) is 0.0645. The molecule has 0 saturated heterocycles. The summed E-state index contributed by atoms with van der Waals surface area (Å²) in [6.45, 7) is 1.82. The summed E-state index contributed by atoms with van der Waals surface area (Å²) in [4.78, 5) is 39.6. The summed E-state index contributed by atoms with van der Waals surface area (Å²) in [5, 5.41) is 8.67. The summed E-state index contributed by atoms with van der Waals surface area (Å²) in [6, 6.07) is 27.9. The Hall–Kier alpha value is -3.56. The normalized spacial score (nSPS) is 11.9. The summed E-state index contributed by atoms with van der Waals surface area (Å²) >= 11 is 17.4. The van der Waals surface area contributed by atoms with Crippen LogP contribution >= 0.6 is 50.9 Å². The standard InChI is InChI=1S/C31H24BrCl2N3O3S/c1-19(29(38)35-22-12-10-21(32)11-13-22)41-24-16-14-23(15-17-24)36-31(40)28(18-25-26(33)8-5-9-27(25)34)37-30(39)20-6-3-2-4-7-20/h2-19H,1H3,(H,35,38)(H,36,40)(H,37,39)/b28-18-. The van der Waals surface area contributed by atoms with E-state index < -0.39 is 11.8 Å². The third-order valence-electron chi connectivity index (χ3n) is 5.72. The van der Waals surface area contributed by atoms with Gasteiger partial charge in [-0.25, -0.2) is 0 Å². The van der Waals surface area contributed by atoms with Crippen molar-refractivity contribution in [1.82, 2.24) is 5.32 Å². The highest BCUT2D eigenvalue weighted by Gasteiger charge is 2.18. The smallest absolute Gasteiger partial charge is 0.272 e. The Morgan fingerprint density at radius 2 is 1.37 bits per heavy atom. The van der Waals surface area contributed by atoms with Gasteiger partial charge in [0.05, 0.1) is 5.25 Å². The maximum atomic E-state index is 13.3. The number of carbonyl (C=O) groups is 3. The van der Waals surface area contributed by atoms with Gasteiger partial charge in [-0.3, -0.25) is 14.4 Å². The lowest BCUT2D eigenvalue weighted by atomic mass is 10.1. The second-order valence-electron chi connectivity index (χ2n) is 8.75. The lowest BCUT2D eigenvalue weighted by Gasteiger charge is -2.14. The third-order valence-corrected chi connectivity index (χ3v) is 8.02. The van der Waals surface area contributed by atoms with Crippen molar-refractivity contribution in [2.75, 3.05) is 10.6 Å². The molecule has 10 heteroatoms. The number of amides is 3. The maximum Gasteiger partial charge on any atom is 0.272 e. The molecule has 0 aliphatic rings. The van der Waals surface area contributed by atoms with E-state index in [0.717, 1.165) is 9.37 Å². The van der Waals surface area contributed by atoms with Crippen LogP contribution in [0.15, 0.2) is 112 Å². The van der Waals surface area contributed by atoms with Crippen LogP contribution < -0.4 is 16.0 Å². The molecule has 1 atom stereocenters. The van der Waals surface area contributed by atoms with Crippen molar-refractivity contribution >= 4 is 86.1 Å². The van der Waals surface area contributed by atoms with Gasteiger partial charge in [0.2, 0.25) is 5.91 Å². The molecule has 41 heavy (non-hydrogen) atoms. The Bertz CT molecular complexity index is 1560. The SMILES string of the molecule is CC(Sc1ccc(NC(=O)/C(=C/c2c(Cl)cccc2Cl)NC(=O)c2ccccc2)cc1)C(=O)Nc1ccc(Br)cc1. The first kappa shape index (κ1) is 30.4. The van der Waals surface area contributed by atoms with Crippen molar-refractivity contribution in [3.8, 4) is 0 Å². The van der Waals surface area contributed by atoms with Gasteiger partial charge < -0.3 is 16.0 Å². The molecule has 0 aliphatic heterocycles. The van der Waals surface area contributed by atoms with Gasteiger partial charge >= 0.3 is 0 Å². The number of nitrogens with one attached hydrogen (secondary N) is 3. The van der Waals surface area contributed by atoms with Gasteiger partial charge in [0.15, 0.2) is 0 Å². The minimum atomic E-state index is -0.562. The largest absolute Gasteiger partial charge is 0.325 e. The summed E-state index contributed by atoms with van der Waals surface area (Å²) in [5.41, 5.74) is 1.96. The highest BCUT2D eigenvalue weighted by molar-refractivity contribution is 9.10. The highest BCUT2D eigenvalue weighted by Crippen LogP contribution is 2.28. The molecular formula is C31H24BrCl2N3O3S. The Morgan fingerprint density at radius 3 is 2.00 bits per heavy atom. The van der Waals surface area contributed by atoms with Gasteiger partial charge in [-0.15, -0.1) is 11.8 Å². The summed E-state index contributed by atoms with van der Waals surface area (Å²) in [6.07, 6.45) is 1.44. The van der Waals surface area contributed by atoms with Crippen molar-refractivity contribution in [1.29, 1.82) is 0 Å². The van der Waals surface area contributed by atoms with E-state index in [9.17, 15) is 14.4 Å². The number of thioether (sulfide) groups is 1. The van der Waals surface area contributed by atoms with Crippen LogP contribution in [0.5, 0.6) is 0 Å². The monoisotopic (exact) mass is 667 g/mol. The number of rotatable bonds is 9.